The number of amides is 4. The maximum atomic E-state index is 13.2. The molecule has 0 bridgehead atoms. The molecule has 200 valence electrons. The molecule has 11 nitrogen and oxygen atoms in total. The highest BCUT2D eigenvalue weighted by Gasteiger charge is 2.34. The van der Waals surface area contributed by atoms with Crippen LogP contribution in [0.15, 0.2) is 30.3 Å². The Hall–Kier alpha value is -3.47. The number of carbonyl (C=O) groups is 5. The second-order valence-electron chi connectivity index (χ2n) is 9.11. The summed E-state index contributed by atoms with van der Waals surface area (Å²) >= 11 is 0. The number of carboxylic acid groups (broad SMARTS) is 1. The van der Waals surface area contributed by atoms with Gasteiger partial charge in [0.05, 0.1) is 12.5 Å². The predicted octanol–water partition coefficient (Wildman–Crippen LogP) is 0.0630. The molecule has 0 aromatic heterocycles. The molecular formula is C25H39N5O6. The van der Waals surface area contributed by atoms with E-state index in [2.05, 4.69) is 16.0 Å². The van der Waals surface area contributed by atoms with Gasteiger partial charge in [-0.25, -0.2) is 4.79 Å². The summed E-state index contributed by atoms with van der Waals surface area (Å²) in [6.45, 7) is 7.02. The Morgan fingerprint density at radius 2 is 1.36 bits per heavy atom. The standard InChI is InChI=1S/C25H39N5O6/c1-5-14(3)20(29-22(32)17(26)12-16-10-8-7-9-11-16)24(34)28-18(13-19(27)31)23(33)30-21(25(35)36)15(4)6-2/h7-11,14-15,17-18,20-21H,5-6,12-13,26H2,1-4H3,(H2,27,31)(H,28,34)(H,29,32)(H,30,33)(H,35,36). The average Bonchev–Trinajstić information content (AvgIpc) is 2.84. The Kier molecular flexibility index (Phi) is 12.6. The molecular weight excluding hydrogens is 466 g/mol. The molecule has 0 aliphatic carbocycles. The number of nitrogens with two attached hydrogens (primary N) is 2. The zero-order valence-corrected chi connectivity index (χ0v) is 21.3. The Labute approximate surface area is 211 Å². The maximum Gasteiger partial charge on any atom is 0.326 e. The molecule has 8 N–H and O–H groups in total. The summed E-state index contributed by atoms with van der Waals surface area (Å²) in [6, 6.07) is 4.59. The number of primary amides is 1. The molecule has 1 aromatic rings. The van der Waals surface area contributed by atoms with E-state index in [1.54, 1.807) is 20.8 Å². The van der Waals surface area contributed by atoms with Gasteiger partial charge in [-0.15, -0.1) is 0 Å². The van der Waals surface area contributed by atoms with E-state index in [1.807, 2.05) is 37.3 Å². The van der Waals surface area contributed by atoms with Crippen molar-refractivity contribution in [2.75, 3.05) is 0 Å². The molecule has 4 amide bonds. The van der Waals surface area contributed by atoms with Crippen LogP contribution in [0.5, 0.6) is 0 Å². The highest BCUT2D eigenvalue weighted by molar-refractivity contribution is 5.96. The largest absolute Gasteiger partial charge is 0.480 e. The lowest BCUT2D eigenvalue weighted by Gasteiger charge is -2.28. The van der Waals surface area contributed by atoms with Crippen LogP contribution in [0.4, 0.5) is 0 Å². The second kappa shape index (κ2) is 14.8. The zero-order valence-electron chi connectivity index (χ0n) is 21.3. The molecule has 0 heterocycles. The van der Waals surface area contributed by atoms with Crippen molar-refractivity contribution in [1.82, 2.24) is 16.0 Å². The quantitative estimate of drug-likeness (QED) is 0.194. The van der Waals surface area contributed by atoms with Gasteiger partial charge in [-0.2, -0.15) is 0 Å². The molecule has 0 saturated heterocycles. The molecule has 11 heteroatoms. The number of hydrogen-bond acceptors (Lipinski definition) is 6. The van der Waals surface area contributed by atoms with Crippen LogP contribution in [0.25, 0.3) is 0 Å². The van der Waals surface area contributed by atoms with Gasteiger partial charge in [0, 0.05) is 0 Å². The van der Waals surface area contributed by atoms with E-state index < -0.39 is 66.1 Å². The fourth-order valence-corrected chi connectivity index (χ4v) is 3.53. The van der Waals surface area contributed by atoms with E-state index in [9.17, 15) is 29.1 Å². The normalized spacial score (nSPS) is 15.9. The van der Waals surface area contributed by atoms with Gasteiger partial charge < -0.3 is 32.5 Å². The molecule has 0 aliphatic rings. The summed E-state index contributed by atoms with van der Waals surface area (Å²) in [5.41, 5.74) is 12.2. The van der Waals surface area contributed by atoms with Crippen molar-refractivity contribution in [3.05, 3.63) is 35.9 Å². The molecule has 1 rings (SSSR count). The third-order valence-corrected chi connectivity index (χ3v) is 6.24. The fourth-order valence-electron chi connectivity index (χ4n) is 3.53. The third-order valence-electron chi connectivity index (χ3n) is 6.24. The highest BCUT2D eigenvalue weighted by atomic mass is 16.4. The molecule has 6 atom stereocenters. The van der Waals surface area contributed by atoms with E-state index in [0.29, 0.717) is 12.8 Å². The Morgan fingerprint density at radius 3 is 1.86 bits per heavy atom. The Morgan fingerprint density at radius 1 is 0.833 bits per heavy atom. The highest BCUT2D eigenvalue weighted by Crippen LogP contribution is 2.12. The lowest BCUT2D eigenvalue weighted by molar-refractivity contribution is -0.144. The van der Waals surface area contributed by atoms with E-state index >= 15 is 0 Å². The van der Waals surface area contributed by atoms with Crippen LogP contribution in [0.2, 0.25) is 0 Å². The average molecular weight is 506 g/mol. The van der Waals surface area contributed by atoms with E-state index in [1.165, 1.54) is 0 Å². The minimum Gasteiger partial charge on any atom is -0.480 e. The lowest BCUT2D eigenvalue weighted by atomic mass is 9.96. The van der Waals surface area contributed by atoms with Gasteiger partial charge in [-0.05, 0) is 23.8 Å². The smallest absolute Gasteiger partial charge is 0.326 e. The van der Waals surface area contributed by atoms with E-state index in [0.717, 1.165) is 5.56 Å². The molecule has 0 aliphatic heterocycles. The summed E-state index contributed by atoms with van der Waals surface area (Å²) in [6.07, 6.45) is 0.725. The van der Waals surface area contributed by atoms with Gasteiger partial charge in [0.1, 0.15) is 18.1 Å². The van der Waals surface area contributed by atoms with Crippen molar-refractivity contribution in [3.63, 3.8) is 0 Å². The number of hydrogen-bond donors (Lipinski definition) is 6. The molecule has 36 heavy (non-hydrogen) atoms. The molecule has 0 radical (unpaired) electrons. The van der Waals surface area contributed by atoms with Gasteiger partial charge in [-0.3, -0.25) is 19.2 Å². The van der Waals surface area contributed by atoms with Crippen molar-refractivity contribution in [3.8, 4) is 0 Å². The number of carboxylic acids is 1. The summed E-state index contributed by atoms with van der Waals surface area (Å²) in [4.78, 5) is 62.0. The van der Waals surface area contributed by atoms with Gasteiger partial charge in [-0.1, -0.05) is 70.9 Å². The SMILES string of the molecule is CCC(C)C(NC(=O)C(CC(N)=O)NC(=O)C(NC(=O)C(N)Cc1ccccc1)C(C)CC)C(=O)O. The minimum atomic E-state index is -1.41. The minimum absolute atomic E-state index is 0.264. The summed E-state index contributed by atoms with van der Waals surface area (Å²) in [5, 5.41) is 17.0. The second-order valence-corrected chi connectivity index (χ2v) is 9.11. The van der Waals surface area contributed by atoms with Crippen LogP contribution < -0.4 is 27.4 Å². The first-order valence-electron chi connectivity index (χ1n) is 12.1. The summed E-state index contributed by atoms with van der Waals surface area (Å²) in [5.74, 6) is -4.93. The summed E-state index contributed by atoms with van der Waals surface area (Å²) in [7, 11) is 0. The first-order chi connectivity index (χ1) is 16.9. The first-order valence-corrected chi connectivity index (χ1v) is 12.1. The van der Waals surface area contributed by atoms with E-state index in [-0.39, 0.29) is 12.3 Å². The van der Waals surface area contributed by atoms with Gasteiger partial charge >= 0.3 is 5.97 Å². The van der Waals surface area contributed by atoms with Crippen LogP contribution in [-0.2, 0) is 30.4 Å². The fraction of sp³-hybridized carbons (Fsp3) is 0.560. The Balaban J connectivity index is 3.01. The van der Waals surface area contributed by atoms with Crippen LogP contribution in [0, 0.1) is 11.8 Å². The number of benzene rings is 1. The van der Waals surface area contributed by atoms with Crippen molar-refractivity contribution in [2.24, 2.45) is 23.3 Å². The van der Waals surface area contributed by atoms with Gasteiger partial charge in [0.15, 0.2) is 0 Å². The number of rotatable bonds is 15. The van der Waals surface area contributed by atoms with E-state index in [4.69, 9.17) is 11.5 Å². The van der Waals surface area contributed by atoms with Crippen molar-refractivity contribution in [1.29, 1.82) is 0 Å². The van der Waals surface area contributed by atoms with Gasteiger partial charge in [0.2, 0.25) is 23.6 Å². The topological polar surface area (TPSA) is 194 Å². The molecule has 0 saturated carbocycles. The zero-order chi connectivity index (χ0) is 27.4. The molecule has 0 fully saturated rings. The van der Waals surface area contributed by atoms with Crippen LogP contribution in [-0.4, -0.2) is 58.9 Å². The van der Waals surface area contributed by atoms with Crippen LogP contribution in [0.3, 0.4) is 0 Å². The van der Waals surface area contributed by atoms with Crippen LogP contribution in [0.1, 0.15) is 52.5 Å². The first kappa shape index (κ1) is 30.6. The van der Waals surface area contributed by atoms with Crippen LogP contribution >= 0.6 is 0 Å². The van der Waals surface area contributed by atoms with Crippen molar-refractivity contribution >= 4 is 29.6 Å². The van der Waals surface area contributed by atoms with Gasteiger partial charge in [0.25, 0.3) is 0 Å². The number of aliphatic carboxylic acids is 1. The predicted molar refractivity (Wildman–Crippen MR) is 134 cm³/mol. The molecule has 6 unspecified atom stereocenters. The number of carbonyl (C=O) groups excluding carboxylic acids is 4. The van der Waals surface area contributed by atoms with Crippen molar-refractivity contribution in [2.45, 2.75) is 77.5 Å². The maximum absolute atomic E-state index is 13.2. The lowest BCUT2D eigenvalue weighted by Crippen LogP contribution is -2.59. The summed E-state index contributed by atoms with van der Waals surface area (Å²) < 4.78 is 0. The monoisotopic (exact) mass is 505 g/mol. The van der Waals surface area contributed by atoms with Crippen molar-refractivity contribution < 1.29 is 29.1 Å². The Bertz CT molecular complexity index is 909. The third kappa shape index (κ3) is 9.65. The molecule has 0 spiro atoms. The molecule has 1 aromatic carbocycles. The number of nitrogens with one attached hydrogen (secondary N) is 3.